The first-order valence-corrected chi connectivity index (χ1v) is 7.16. The number of aryl methyl sites for hydroxylation is 1. The fourth-order valence-corrected chi connectivity index (χ4v) is 3.25. The van der Waals surface area contributed by atoms with Crippen LogP contribution in [0.5, 0.6) is 0 Å². The lowest BCUT2D eigenvalue weighted by Gasteiger charge is -2.16. The van der Waals surface area contributed by atoms with Gasteiger partial charge in [-0.05, 0) is 36.6 Å². The summed E-state index contributed by atoms with van der Waals surface area (Å²) in [7, 11) is 0. The van der Waals surface area contributed by atoms with Gasteiger partial charge in [-0.15, -0.1) is 0 Å². The highest BCUT2D eigenvalue weighted by molar-refractivity contribution is 9.09. The summed E-state index contributed by atoms with van der Waals surface area (Å²) in [4.78, 5) is 12.4. The normalized spacial score (nSPS) is 21.2. The first kappa shape index (κ1) is 12.5. The van der Waals surface area contributed by atoms with Gasteiger partial charge in [0.15, 0.2) is 5.76 Å². The minimum Gasteiger partial charge on any atom is -0.456 e. The molecule has 0 spiro atoms. The van der Waals surface area contributed by atoms with Crippen LogP contribution in [-0.4, -0.2) is 10.7 Å². The highest BCUT2D eigenvalue weighted by Crippen LogP contribution is 2.35. The van der Waals surface area contributed by atoms with Crippen LogP contribution in [0.2, 0.25) is 0 Å². The molecule has 2 atom stereocenters. The molecule has 2 aromatic rings. The predicted molar refractivity (Wildman–Crippen MR) is 76.5 cm³/mol. The van der Waals surface area contributed by atoms with Crippen molar-refractivity contribution in [1.29, 1.82) is 0 Å². The molecule has 3 nitrogen and oxygen atoms in total. The Morgan fingerprint density at radius 2 is 2.11 bits per heavy atom. The number of carbonyl (C=O) groups excluding carboxylic acids is 1. The van der Waals surface area contributed by atoms with Crippen molar-refractivity contribution in [3.8, 4) is 0 Å². The molecule has 1 aliphatic carbocycles. The van der Waals surface area contributed by atoms with Crippen LogP contribution in [0, 0.1) is 6.92 Å². The van der Waals surface area contributed by atoms with E-state index in [0.717, 1.165) is 12.2 Å². The second-order valence-electron chi connectivity index (χ2n) is 4.78. The Hall–Kier alpha value is -1.55. The van der Waals surface area contributed by atoms with E-state index in [-0.39, 0.29) is 16.8 Å². The molecule has 2 unspecified atom stereocenters. The van der Waals surface area contributed by atoms with E-state index >= 15 is 0 Å². The number of furan rings is 1. The van der Waals surface area contributed by atoms with Gasteiger partial charge in [0.2, 0.25) is 0 Å². The number of rotatable bonds is 2. The number of alkyl halides is 1. The Balaban J connectivity index is 1.82. The molecule has 1 aromatic carbocycles. The third kappa shape index (κ3) is 2.32. The van der Waals surface area contributed by atoms with Crippen molar-refractivity contribution in [1.82, 2.24) is 5.32 Å². The van der Waals surface area contributed by atoms with Crippen molar-refractivity contribution in [3.63, 3.8) is 0 Å². The van der Waals surface area contributed by atoms with Crippen LogP contribution in [0.1, 0.15) is 33.5 Å². The average molecular weight is 320 g/mol. The molecule has 3 rings (SSSR count). The van der Waals surface area contributed by atoms with Gasteiger partial charge in [0.05, 0.1) is 6.04 Å². The lowest BCUT2D eigenvalue weighted by atomic mass is 10.1. The van der Waals surface area contributed by atoms with Crippen LogP contribution in [0.3, 0.4) is 0 Å². The van der Waals surface area contributed by atoms with E-state index in [9.17, 15) is 4.79 Å². The lowest BCUT2D eigenvalue weighted by Crippen LogP contribution is -2.31. The van der Waals surface area contributed by atoms with Crippen LogP contribution in [-0.2, 0) is 6.42 Å². The zero-order valence-electron chi connectivity index (χ0n) is 10.5. The maximum atomic E-state index is 12.1. The van der Waals surface area contributed by atoms with Gasteiger partial charge in [-0.3, -0.25) is 4.79 Å². The van der Waals surface area contributed by atoms with Gasteiger partial charge < -0.3 is 9.73 Å². The molecule has 1 aliphatic rings. The van der Waals surface area contributed by atoms with E-state index in [1.165, 1.54) is 11.1 Å². The van der Waals surface area contributed by atoms with Crippen LogP contribution < -0.4 is 5.32 Å². The van der Waals surface area contributed by atoms with E-state index in [1.807, 2.05) is 19.1 Å². The summed E-state index contributed by atoms with van der Waals surface area (Å²) in [5.74, 6) is 0.938. The number of benzene rings is 1. The second-order valence-corrected chi connectivity index (χ2v) is 5.96. The van der Waals surface area contributed by atoms with Crippen molar-refractivity contribution < 1.29 is 9.21 Å². The Labute approximate surface area is 120 Å². The fraction of sp³-hybridized carbons (Fsp3) is 0.267. The maximum Gasteiger partial charge on any atom is 0.287 e. The molecule has 0 bridgehead atoms. The van der Waals surface area contributed by atoms with Crippen LogP contribution in [0.15, 0.2) is 40.8 Å². The molecule has 0 fully saturated rings. The zero-order chi connectivity index (χ0) is 13.4. The Kier molecular flexibility index (Phi) is 3.19. The number of fused-ring (bicyclic) bond motifs is 1. The summed E-state index contributed by atoms with van der Waals surface area (Å²) in [5, 5.41) is 3.03. The molecule has 0 aliphatic heterocycles. The second kappa shape index (κ2) is 4.85. The molecule has 0 radical (unpaired) electrons. The minimum absolute atomic E-state index is 0.00546. The fourth-order valence-electron chi connectivity index (χ4n) is 2.48. The lowest BCUT2D eigenvalue weighted by molar-refractivity contribution is 0.0908. The van der Waals surface area contributed by atoms with E-state index < -0.39 is 0 Å². The topological polar surface area (TPSA) is 42.2 Å². The summed E-state index contributed by atoms with van der Waals surface area (Å²) in [6.45, 7) is 1.83. The third-order valence-electron chi connectivity index (χ3n) is 3.42. The van der Waals surface area contributed by atoms with Gasteiger partial charge in [-0.2, -0.15) is 0 Å². The summed E-state index contributed by atoms with van der Waals surface area (Å²) in [6, 6.07) is 11.7. The van der Waals surface area contributed by atoms with Gasteiger partial charge in [0, 0.05) is 4.83 Å². The molecule has 1 N–H and O–H groups in total. The molecular formula is C15H14BrNO2. The smallest absolute Gasteiger partial charge is 0.287 e. The molecule has 1 amide bonds. The van der Waals surface area contributed by atoms with Gasteiger partial charge >= 0.3 is 0 Å². The zero-order valence-corrected chi connectivity index (χ0v) is 12.1. The highest BCUT2D eigenvalue weighted by atomic mass is 79.9. The first-order chi connectivity index (χ1) is 9.15. The van der Waals surface area contributed by atoms with Crippen molar-refractivity contribution in [2.24, 2.45) is 0 Å². The Morgan fingerprint density at radius 1 is 1.32 bits per heavy atom. The van der Waals surface area contributed by atoms with E-state index in [2.05, 4.69) is 33.4 Å². The summed E-state index contributed by atoms with van der Waals surface area (Å²) in [6.07, 6.45) is 0.929. The molecule has 19 heavy (non-hydrogen) atoms. The van der Waals surface area contributed by atoms with Gasteiger partial charge in [0.1, 0.15) is 5.76 Å². The molecular weight excluding hydrogens is 306 g/mol. The SMILES string of the molecule is Cc1ccc(C(=O)NC2c3ccccc3CC2Br)o1. The van der Waals surface area contributed by atoms with E-state index in [1.54, 1.807) is 12.1 Å². The molecule has 1 aromatic heterocycles. The standard InChI is InChI=1S/C15H14BrNO2/c1-9-6-7-13(19-9)15(18)17-14-11-5-3-2-4-10(11)8-12(14)16/h2-7,12,14H,8H2,1H3,(H,17,18). The molecule has 4 heteroatoms. The first-order valence-electron chi connectivity index (χ1n) is 6.24. The number of hydrogen-bond acceptors (Lipinski definition) is 2. The summed E-state index contributed by atoms with van der Waals surface area (Å²) >= 11 is 3.65. The number of nitrogens with one attached hydrogen (secondary N) is 1. The number of halogens is 1. The Bertz CT molecular complexity index is 620. The molecule has 0 saturated heterocycles. The van der Waals surface area contributed by atoms with Gasteiger partial charge in [-0.25, -0.2) is 0 Å². The van der Waals surface area contributed by atoms with Crippen molar-refractivity contribution in [2.75, 3.05) is 0 Å². The van der Waals surface area contributed by atoms with E-state index in [0.29, 0.717) is 5.76 Å². The van der Waals surface area contributed by atoms with Crippen molar-refractivity contribution in [2.45, 2.75) is 24.2 Å². The number of amides is 1. The van der Waals surface area contributed by atoms with Crippen LogP contribution >= 0.6 is 15.9 Å². The summed E-state index contributed by atoms with van der Waals surface area (Å²) < 4.78 is 5.35. The molecule has 1 heterocycles. The highest BCUT2D eigenvalue weighted by Gasteiger charge is 2.32. The van der Waals surface area contributed by atoms with Gasteiger partial charge in [-0.1, -0.05) is 40.2 Å². The number of hydrogen-bond donors (Lipinski definition) is 1. The Morgan fingerprint density at radius 3 is 2.84 bits per heavy atom. The van der Waals surface area contributed by atoms with Crippen molar-refractivity contribution >= 4 is 21.8 Å². The van der Waals surface area contributed by atoms with Crippen molar-refractivity contribution in [3.05, 3.63) is 59.0 Å². The van der Waals surface area contributed by atoms with Crippen LogP contribution in [0.4, 0.5) is 0 Å². The molecule has 98 valence electrons. The van der Waals surface area contributed by atoms with Gasteiger partial charge in [0.25, 0.3) is 5.91 Å². The maximum absolute atomic E-state index is 12.1. The van der Waals surface area contributed by atoms with E-state index in [4.69, 9.17) is 4.42 Å². The monoisotopic (exact) mass is 319 g/mol. The molecule has 0 saturated carbocycles. The minimum atomic E-state index is -0.167. The number of carbonyl (C=O) groups is 1. The third-order valence-corrected chi connectivity index (χ3v) is 4.27. The summed E-state index contributed by atoms with van der Waals surface area (Å²) in [5.41, 5.74) is 2.46. The average Bonchev–Trinajstić information content (AvgIpc) is 2.95. The van der Waals surface area contributed by atoms with Crippen LogP contribution in [0.25, 0.3) is 0 Å². The largest absolute Gasteiger partial charge is 0.456 e. The predicted octanol–water partition coefficient (Wildman–Crippen LogP) is 3.38. The quantitative estimate of drug-likeness (QED) is 0.862.